The lowest BCUT2D eigenvalue weighted by molar-refractivity contribution is -0.135. The van der Waals surface area contributed by atoms with E-state index < -0.39 is 35.0 Å². The normalized spacial score (nSPS) is 27.6. The monoisotopic (exact) mass is 798 g/mol. The van der Waals surface area contributed by atoms with Gasteiger partial charge in [-0.2, -0.15) is 0 Å². The van der Waals surface area contributed by atoms with Crippen LogP contribution in [0.2, 0.25) is 0 Å². The van der Waals surface area contributed by atoms with Gasteiger partial charge >= 0.3 is 0 Å². The second-order valence-electron chi connectivity index (χ2n) is 15.0. The molecule has 4 aromatic carbocycles. The first kappa shape index (κ1) is 35.4. The number of benzene rings is 4. The Kier molecular flexibility index (Phi) is 8.85. The fourth-order valence-corrected chi connectivity index (χ4v) is 10.5. The second-order valence-corrected chi connectivity index (χ2v) is 15.8. The molecule has 2 saturated heterocycles. The number of methoxy groups -OCH3 is 1. The van der Waals surface area contributed by atoms with E-state index in [9.17, 15) is 14.7 Å². The van der Waals surface area contributed by atoms with Crippen LogP contribution in [0.3, 0.4) is 0 Å². The third kappa shape index (κ3) is 5.44. The Balaban J connectivity index is 1.21. The highest BCUT2D eigenvalue weighted by Crippen LogP contribution is 2.64. The van der Waals surface area contributed by atoms with E-state index in [0.717, 1.165) is 24.4 Å². The number of ether oxygens (including phenoxy) is 2. The largest absolute Gasteiger partial charge is 0.503 e. The predicted molar refractivity (Wildman–Crippen MR) is 211 cm³/mol. The van der Waals surface area contributed by atoms with Crippen LogP contribution in [0.1, 0.15) is 35.4 Å². The lowest BCUT2D eigenvalue weighted by Gasteiger charge is -2.55. The number of imide groups is 1. The number of Topliss-reactive ketones (excluding diaryl/α,β-unsaturated/α-hetero) is 1. The lowest BCUT2D eigenvalue weighted by Crippen LogP contribution is -2.58. The zero-order valence-electron chi connectivity index (χ0n) is 30.2. The van der Waals surface area contributed by atoms with Crippen molar-refractivity contribution in [1.29, 1.82) is 0 Å². The van der Waals surface area contributed by atoms with Crippen LogP contribution in [-0.4, -0.2) is 61.9 Å². The predicted octanol–water partition coefficient (Wildman–Crippen LogP) is 7.03. The van der Waals surface area contributed by atoms with Crippen LogP contribution >= 0.6 is 15.9 Å². The molecule has 4 aromatic rings. The summed E-state index contributed by atoms with van der Waals surface area (Å²) in [7, 11) is 1.46. The molecule has 2 aliphatic heterocycles. The Morgan fingerprint density at radius 3 is 2.20 bits per heavy atom. The van der Waals surface area contributed by atoms with E-state index in [1.165, 1.54) is 18.1 Å². The number of ketones is 2. The van der Waals surface area contributed by atoms with Gasteiger partial charge in [-0.15, -0.1) is 0 Å². The van der Waals surface area contributed by atoms with Gasteiger partial charge in [-0.05, 0) is 93.9 Å². The maximum Gasteiger partial charge on any atom is 0.238 e. The molecule has 5 aliphatic rings. The van der Waals surface area contributed by atoms with Gasteiger partial charge in [-0.3, -0.25) is 24.1 Å². The minimum Gasteiger partial charge on any atom is -0.503 e. The second kappa shape index (κ2) is 13.8. The van der Waals surface area contributed by atoms with Crippen molar-refractivity contribution >= 4 is 56.3 Å². The molecular formula is C45H39BrN2O7. The summed E-state index contributed by atoms with van der Waals surface area (Å²) < 4.78 is 11.5. The Labute approximate surface area is 327 Å². The number of carbonyl (C=O) groups is 4. The Morgan fingerprint density at radius 2 is 1.51 bits per heavy atom. The molecule has 278 valence electrons. The number of aromatic hydroxyl groups is 1. The van der Waals surface area contributed by atoms with E-state index in [0.29, 0.717) is 52.1 Å². The number of allylic oxidation sites excluding steroid dienone is 4. The van der Waals surface area contributed by atoms with Crippen molar-refractivity contribution in [2.75, 3.05) is 43.2 Å². The molecule has 0 aromatic heterocycles. The van der Waals surface area contributed by atoms with Crippen molar-refractivity contribution < 1.29 is 33.8 Å². The van der Waals surface area contributed by atoms with E-state index in [1.54, 1.807) is 12.1 Å². The van der Waals surface area contributed by atoms with Crippen LogP contribution in [0.4, 0.5) is 11.4 Å². The molecule has 3 aliphatic carbocycles. The minimum atomic E-state index is -1.39. The highest BCUT2D eigenvalue weighted by Gasteiger charge is 2.66. The molecule has 9 nitrogen and oxygen atoms in total. The van der Waals surface area contributed by atoms with Gasteiger partial charge < -0.3 is 19.5 Å². The number of anilines is 2. The Bertz CT molecular complexity index is 2280. The van der Waals surface area contributed by atoms with Crippen LogP contribution in [0.25, 0.3) is 5.57 Å². The quantitative estimate of drug-likeness (QED) is 0.164. The number of rotatable bonds is 6. The molecule has 3 fully saturated rings. The van der Waals surface area contributed by atoms with Gasteiger partial charge in [0.15, 0.2) is 23.1 Å². The van der Waals surface area contributed by atoms with Crippen LogP contribution in [0.5, 0.6) is 11.5 Å². The lowest BCUT2D eigenvalue weighted by atomic mass is 9.44. The zero-order valence-corrected chi connectivity index (χ0v) is 31.8. The molecular weight excluding hydrogens is 760 g/mol. The van der Waals surface area contributed by atoms with Gasteiger partial charge in [0.2, 0.25) is 11.8 Å². The molecule has 1 N–H and O–H groups in total. The van der Waals surface area contributed by atoms with Gasteiger partial charge in [0.05, 0.1) is 47.7 Å². The molecule has 2 heterocycles. The van der Waals surface area contributed by atoms with E-state index in [4.69, 9.17) is 9.47 Å². The fraction of sp³-hybridized carbons (Fsp3) is 0.289. The summed E-state index contributed by atoms with van der Waals surface area (Å²) in [6, 6.07) is 29.7. The highest BCUT2D eigenvalue weighted by molar-refractivity contribution is 9.10. The van der Waals surface area contributed by atoms with E-state index in [2.05, 4.69) is 20.8 Å². The SMILES string of the molecule is COc1cc([C@H]2C3=CC[C@@H]4C(=O)N(c5ccc(N6CCOCC6)cc5)C(=O)[C@@H]4[C@@H]3C[C@H]3C(=O)C(c4ccccc4)=CC(=O)[C@@]23c2ccccc2)cc(Br)c1O. The number of amides is 2. The summed E-state index contributed by atoms with van der Waals surface area (Å²) in [5, 5.41) is 10.9. The van der Waals surface area contributed by atoms with E-state index >= 15 is 9.59 Å². The number of phenols is 1. The molecule has 9 rings (SSSR count). The molecule has 6 atom stereocenters. The van der Waals surface area contributed by atoms with Crippen LogP contribution in [0.15, 0.2) is 119 Å². The number of morpholine rings is 1. The van der Waals surface area contributed by atoms with Crippen molar-refractivity contribution in [3.8, 4) is 11.5 Å². The van der Waals surface area contributed by atoms with Crippen molar-refractivity contribution in [3.63, 3.8) is 0 Å². The molecule has 10 heteroatoms. The maximum atomic E-state index is 15.3. The van der Waals surface area contributed by atoms with Crippen molar-refractivity contribution in [3.05, 3.63) is 136 Å². The van der Waals surface area contributed by atoms with E-state index in [1.807, 2.05) is 91.0 Å². The Morgan fingerprint density at radius 1 is 0.836 bits per heavy atom. The molecule has 0 radical (unpaired) electrons. The Hall–Kier alpha value is -5.32. The molecule has 0 spiro atoms. The summed E-state index contributed by atoms with van der Waals surface area (Å²) in [6.07, 6.45) is 4.04. The van der Waals surface area contributed by atoms with Crippen LogP contribution < -0.4 is 14.5 Å². The number of fused-ring (bicyclic) bond motifs is 4. The van der Waals surface area contributed by atoms with Gasteiger partial charge in [0.25, 0.3) is 0 Å². The molecule has 55 heavy (non-hydrogen) atoms. The fourth-order valence-electron chi connectivity index (χ4n) is 10.1. The first-order chi connectivity index (χ1) is 26.7. The molecule has 0 unspecified atom stereocenters. The maximum absolute atomic E-state index is 15.3. The van der Waals surface area contributed by atoms with Gasteiger partial charge in [0, 0.05) is 36.2 Å². The highest BCUT2D eigenvalue weighted by atomic mass is 79.9. The summed E-state index contributed by atoms with van der Waals surface area (Å²) >= 11 is 3.52. The van der Waals surface area contributed by atoms with Gasteiger partial charge in [-0.1, -0.05) is 72.3 Å². The standard InChI is InChI=1S/C45H39BrN2O7/c1-54-37-23-27(22-36(46)42(37)51)40-31-16-17-32-39(44(53)48(43(32)52)30-14-12-29(13-15-30)47-18-20-55-21-19-47)34(31)24-35-41(50)33(26-8-4-2-5-9-26)25-38(49)45(35,40)28-10-6-3-7-11-28/h2-16,22-23,25,32,34-35,39-40,51H,17-21,24H2,1H3/t32-,34+,35-,39-,40-,45-/m0/s1. The molecule has 1 saturated carbocycles. The summed E-state index contributed by atoms with van der Waals surface area (Å²) in [6.45, 7) is 2.81. The smallest absolute Gasteiger partial charge is 0.238 e. The average molecular weight is 800 g/mol. The zero-order chi connectivity index (χ0) is 38.0. The third-order valence-electron chi connectivity index (χ3n) is 12.5. The van der Waals surface area contributed by atoms with E-state index in [-0.39, 0.29) is 41.3 Å². The van der Waals surface area contributed by atoms with Gasteiger partial charge in [0.1, 0.15) is 0 Å². The molecule has 2 amide bonds. The number of phenolic OH excluding ortho intramolecular Hbond substituents is 1. The molecule has 0 bridgehead atoms. The van der Waals surface area contributed by atoms with Crippen molar-refractivity contribution in [1.82, 2.24) is 0 Å². The number of hydrogen-bond acceptors (Lipinski definition) is 8. The summed E-state index contributed by atoms with van der Waals surface area (Å²) in [5.41, 5.74) is 3.27. The topological polar surface area (TPSA) is 113 Å². The van der Waals surface area contributed by atoms with Crippen LogP contribution in [-0.2, 0) is 29.3 Å². The van der Waals surface area contributed by atoms with Gasteiger partial charge in [-0.25, -0.2) is 0 Å². The average Bonchev–Trinajstić information content (AvgIpc) is 3.49. The first-order valence-electron chi connectivity index (χ1n) is 18.7. The summed E-state index contributed by atoms with van der Waals surface area (Å²) in [5.74, 6) is -4.34. The number of carbonyl (C=O) groups excluding carboxylic acids is 4. The third-order valence-corrected chi connectivity index (χ3v) is 13.1. The number of halogens is 1. The minimum absolute atomic E-state index is 0.0919. The summed E-state index contributed by atoms with van der Waals surface area (Å²) in [4.78, 5) is 63.1. The van der Waals surface area contributed by atoms with Crippen molar-refractivity contribution in [2.45, 2.75) is 24.2 Å². The van der Waals surface area contributed by atoms with Crippen molar-refractivity contribution in [2.24, 2.45) is 23.7 Å². The first-order valence-corrected chi connectivity index (χ1v) is 19.5. The van der Waals surface area contributed by atoms with Crippen LogP contribution in [0, 0.1) is 23.7 Å². The number of nitrogens with zero attached hydrogens (tertiary/aromatic N) is 2. The number of hydrogen-bond donors (Lipinski definition) is 1.